The van der Waals surface area contributed by atoms with Crippen molar-refractivity contribution >= 4 is 0 Å². The molecule has 1 aliphatic rings. The van der Waals surface area contributed by atoms with Crippen molar-refractivity contribution in [1.29, 1.82) is 0 Å². The molecule has 2 aromatic carbocycles. The molecule has 17 heavy (non-hydrogen) atoms. The van der Waals surface area contributed by atoms with Crippen LogP contribution in [-0.4, -0.2) is 11.3 Å². The van der Waals surface area contributed by atoms with Crippen molar-refractivity contribution in [2.75, 3.05) is 0 Å². The van der Waals surface area contributed by atoms with Crippen molar-refractivity contribution in [1.82, 2.24) is 0 Å². The number of hydrogen-bond acceptors (Lipinski definition) is 1. The van der Waals surface area contributed by atoms with Crippen LogP contribution in [0.5, 0.6) is 0 Å². The standard InChI is InChI=1S/C15H12FO/c1-10(16)15(17)13-8-4-2-6-11(13)12-7-3-5-9-14(12)15/h2-10,17H,1H2. The van der Waals surface area contributed by atoms with Crippen LogP contribution < -0.4 is 0 Å². The van der Waals surface area contributed by atoms with Gasteiger partial charge >= 0.3 is 0 Å². The summed E-state index contributed by atoms with van der Waals surface area (Å²) in [7, 11) is 0. The molecule has 0 aliphatic heterocycles. The van der Waals surface area contributed by atoms with Crippen molar-refractivity contribution in [2.45, 2.75) is 11.8 Å². The SMILES string of the molecule is [CH2]C(F)C1(O)c2ccccc2-c2ccccc21. The number of hydrogen-bond donors (Lipinski definition) is 1. The molecule has 1 nitrogen and oxygen atoms in total. The molecular weight excluding hydrogens is 215 g/mol. The van der Waals surface area contributed by atoms with E-state index in [1.807, 2.05) is 24.3 Å². The minimum absolute atomic E-state index is 0.601. The summed E-state index contributed by atoms with van der Waals surface area (Å²) < 4.78 is 13.8. The molecule has 1 atom stereocenters. The first-order chi connectivity index (χ1) is 8.15. The van der Waals surface area contributed by atoms with Crippen LogP contribution in [0.25, 0.3) is 11.1 Å². The van der Waals surface area contributed by atoms with E-state index in [-0.39, 0.29) is 0 Å². The van der Waals surface area contributed by atoms with Gasteiger partial charge in [0.1, 0.15) is 11.8 Å². The van der Waals surface area contributed by atoms with E-state index in [9.17, 15) is 9.50 Å². The predicted molar refractivity (Wildman–Crippen MR) is 65.1 cm³/mol. The molecule has 1 aliphatic carbocycles. The second-order valence-electron chi connectivity index (χ2n) is 4.33. The number of rotatable bonds is 1. The van der Waals surface area contributed by atoms with E-state index < -0.39 is 11.8 Å². The summed E-state index contributed by atoms with van der Waals surface area (Å²) in [4.78, 5) is 0. The van der Waals surface area contributed by atoms with Gasteiger partial charge in [0.25, 0.3) is 0 Å². The number of benzene rings is 2. The van der Waals surface area contributed by atoms with Gasteiger partial charge in [-0.3, -0.25) is 0 Å². The third kappa shape index (κ3) is 1.22. The molecule has 0 saturated carbocycles. The first-order valence-electron chi connectivity index (χ1n) is 5.54. The van der Waals surface area contributed by atoms with E-state index in [0.29, 0.717) is 11.1 Å². The highest BCUT2D eigenvalue weighted by Crippen LogP contribution is 2.49. The normalized spacial score (nSPS) is 17.4. The van der Waals surface area contributed by atoms with E-state index in [4.69, 9.17) is 0 Å². The fourth-order valence-electron chi connectivity index (χ4n) is 2.58. The van der Waals surface area contributed by atoms with Gasteiger partial charge < -0.3 is 5.11 Å². The number of halogens is 1. The maximum Gasteiger partial charge on any atom is 0.147 e. The van der Waals surface area contributed by atoms with Gasteiger partial charge in [-0.1, -0.05) is 48.5 Å². The quantitative estimate of drug-likeness (QED) is 0.793. The Kier molecular flexibility index (Phi) is 2.10. The zero-order chi connectivity index (χ0) is 12.0. The van der Waals surface area contributed by atoms with Crippen molar-refractivity contribution in [3.63, 3.8) is 0 Å². The molecule has 0 amide bonds. The monoisotopic (exact) mass is 227 g/mol. The first kappa shape index (κ1) is 10.5. The molecule has 0 aromatic heterocycles. The summed E-state index contributed by atoms with van der Waals surface area (Å²) in [6.07, 6.45) is -1.59. The van der Waals surface area contributed by atoms with Crippen LogP contribution >= 0.6 is 0 Å². The average molecular weight is 227 g/mol. The lowest BCUT2D eigenvalue weighted by molar-refractivity contribution is 0.0203. The van der Waals surface area contributed by atoms with Gasteiger partial charge in [-0.25, -0.2) is 4.39 Å². The minimum atomic E-state index is -1.62. The second kappa shape index (κ2) is 3.41. The number of fused-ring (bicyclic) bond motifs is 3. The fourth-order valence-corrected chi connectivity index (χ4v) is 2.58. The maximum atomic E-state index is 13.8. The van der Waals surface area contributed by atoms with Crippen molar-refractivity contribution in [3.8, 4) is 11.1 Å². The predicted octanol–water partition coefficient (Wildman–Crippen LogP) is 3.08. The van der Waals surface area contributed by atoms with Gasteiger partial charge in [-0.05, 0) is 29.2 Å². The van der Waals surface area contributed by atoms with Gasteiger partial charge in [0.15, 0.2) is 0 Å². The maximum absolute atomic E-state index is 13.8. The minimum Gasteiger partial charge on any atom is -0.377 e. The molecule has 0 fully saturated rings. The van der Waals surface area contributed by atoms with Crippen LogP contribution in [0.4, 0.5) is 4.39 Å². The summed E-state index contributed by atoms with van der Waals surface area (Å²) in [6, 6.07) is 14.7. The largest absolute Gasteiger partial charge is 0.377 e. The molecule has 1 unspecified atom stereocenters. The summed E-state index contributed by atoms with van der Waals surface area (Å²) in [5.41, 5.74) is 1.36. The molecule has 1 N–H and O–H groups in total. The Morgan fingerprint density at radius 2 is 1.35 bits per heavy atom. The molecule has 1 radical (unpaired) electrons. The van der Waals surface area contributed by atoms with Gasteiger partial charge in [0.2, 0.25) is 0 Å². The van der Waals surface area contributed by atoms with E-state index in [2.05, 4.69) is 6.92 Å². The van der Waals surface area contributed by atoms with Gasteiger partial charge in [-0.15, -0.1) is 0 Å². The third-order valence-electron chi connectivity index (χ3n) is 3.42. The van der Waals surface area contributed by atoms with Gasteiger partial charge in [-0.2, -0.15) is 0 Å². The molecule has 0 heterocycles. The Morgan fingerprint density at radius 3 is 1.76 bits per heavy atom. The number of alkyl halides is 1. The topological polar surface area (TPSA) is 20.2 Å². The van der Waals surface area contributed by atoms with Crippen molar-refractivity contribution in [3.05, 3.63) is 66.6 Å². The molecule has 0 bridgehead atoms. The van der Waals surface area contributed by atoms with Crippen LogP contribution in [0.2, 0.25) is 0 Å². The van der Waals surface area contributed by atoms with Crippen LogP contribution in [0.1, 0.15) is 11.1 Å². The van der Waals surface area contributed by atoms with Crippen LogP contribution in [-0.2, 0) is 5.60 Å². The highest BCUT2D eigenvalue weighted by Gasteiger charge is 2.45. The van der Waals surface area contributed by atoms with Crippen LogP contribution in [0.3, 0.4) is 0 Å². The Bertz CT molecular complexity index is 529. The molecule has 0 saturated heterocycles. The second-order valence-corrected chi connectivity index (χ2v) is 4.33. The molecule has 0 spiro atoms. The summed E-state index contributed by atoms with van der Waals surface area (Å²) in [5, 5.41) is 10.6. The molecule has 3 rings (SSSR count). The molecule has 85 valence electrons. The van der Waals surface area contributed by atoms with E-state index in [1.165, 1.54) is 0 Å². The summed E-state index contributed by atoms with van der Waals surface area (Å²) in [6.45, 7) is 3.37. The van der Waals surface area contributed by atoms with Crippen molar-refractivity contribution < 1.29 is 9.50 Å². The zero-order valence-electron chi connectivity index (χ0n) is 9.23. The lowest BCUT2D eigenvalue weighted by Crippen LogP contribution is -2.34. The van der Waals surface area contributed by atoms with E-state index in [0.717, 1.165) is 11.1 Å². The first-order valence-corrected chi connectivity index (χ1v) is 5.54. The summed E-state index contributed by atoms with van der Waals surface area (Å²) >= 11 is 0. The Labute approximate surface area is 99.5 Å². The lowest BCUT2D eigenvalue weighted by Gasteiger charge is -2.27. The van der Waals surface area contributed by atoms with Gasteiger partial charge in [0.05, 0.1) is 0 Å². The molecule has 2 heteroatoms. The highest BCUT2D eigenvalue weighted by molar-refractivity contribution is 5.80. The smallest absolute Gasteiger partial charge is 0.147 e. The number of aliphatic hydroxyl groups is 1. The van der Waals surface area contributed by atoms with E-state index in [1.54, 1.807) is 24.3 Å². The fraction of sp³-hybridized carbons (Fsp3) is 0.133. The average Bonchev–Trinajstić information content (AvgIpc) is 2.63. The zero-order valence-corrected chi connectivity index (χ0v) is 9.23. The van der Waals surface area contributed by atoms with Crippen molar-refractivity contribution in [2.24, 2.45) is 0 Å². The lowest BCUT2D eigenvalue weighted by atomic mass is 9.87. The summed E-state index contributed by atoms with van der Waals surface area (Å²) in [5.74, 6) is 0. The van der Waals surface area contributed by atoms with Gasteiger partial charge in [0, 0.05) is 0 Å². The van der Waals surface area contributed by atoms with Crippen LogP contribution in [0, 0.1) is 6.92 Å². The molecule has 2 aromatic rings. The van der Waals surface area contributed by atoms with E-state index >= 15 is 0 Å². The Hall–Kier alpha value is -1.67. The molecular formula is C15H12FO. The highest BCUT2D eigenvalue weighted by atomic mass is 19.1. The Morgan fingerprint density at radius 1 is 0.941 bits per heavy atom. The van der Waals surface area contributed by atoms with Crippen LogP contribution in [0.15, 0.2) is 48.5 Å². The Balaban J connectivity index is 2.39. The third-order valence-corrected chi connectivity index (χ3v) is 3.42.